The molecule has 1 aliphatic rings. The minimum Gasteiger partial charge on any atom is -0.358 e. The Bertz CT molecular complexity index is 932. The van der Waals surface area contributed by atoms with Gasteiger partial charge in [-0.25, -0.2) is 4.39 Å². The van der Waals surface area contributed by atoms with Crippen molar-refractivity contribution in [1.29, 1.82) is 0 Å². The van der Waals surface area contributed by atoms with Crippen molar-refractivity contribution < 1.29 is 9.18 Å². The van der Waals surface area contributed by atoms with Gasteiger partial charge in [0, 0.05) is 29.1 Å². The molecule has 1 aromatic heterocycles. The van der Waals surface area contributed by atoms with Gasteiger partial charge in [-0.1, -0.05) is 37.3 Å². The molecule has 0 spiro atoms. The average Bonchev–Trinajstić information content (AvgIpc) is 2.99. The topological polar surface area (TPSA) is 44.9 Å². The van der Waals surface area contributed by atoms with E-state index < -0.39 is 0 Å². The van der Waals surface area contributed by atoms with E-state index in [1.165, 1.54) is 17.3 Å². The van der Waals surface area contributed by atoms with Crippen LogP contribution in [0.15, 0.2) is 48.5 Å². The van der Waals surface area contributed by atoms with Crippen molar-refractivity contribution in [3.63, 3.8) is 0 Å². The van der Waals surface area contributed by atoms with Crippen LogP contribution in [0.4, 0.5) is 4.39 Å². The largest absolute Gasteiger partial charge is 0.358 e. The van der Waals surface area contributed by atoms with Crippen molar-refractivity contribution in [3.05, 3.63) is 71.2 Å². The van der Waals surface area contributed by atoms with Gasteiger partial charge in [0.1, 0.15) is 5.82 Å². The Kier molecular flexibility index (Phi) is 4.49. The lowest BCUT2D eigenvalue weighted by molar-refractivity contribution is -0.122. The number of H-pyrrole nitrogens is 1. The van der Waals surface area contributed by atoms with Crippen molar-refractivity contribution in [2.45, 2.75) is 44.6 Å². The van der Waals surface area contributed by atoms with Crippen molar-refractivity contribution in [1.82, 2.24) is 10.3 Å². The number of rotatable bonds is 4. The van der Waals surface area contributed by atoms with Crippen LogP contribution in [0, 0.1) is 5.82 Å². The fourth-order valence-corrected chi connectivity index (χ4v) is 3.98. The molecule has 0 saturated heterocycles. The maximum atomic E-state index is 13.6. The Morgan fingerprint density at radius 1 is 1.27 bits per heavy atom. The zero-order valence-electron chi connectivity index (χ0n) is 14.9. The number of hydrogen-bond acceptors (Lipinski definition) is 1. The minimum atomic E-state index is -0.220. The number of carbonyl (C=O) groups excluding carboxylic acids is 1. The van der Waals surface area contributed by atoms with Gasteiger partial charge in [0.05, 0.1) is 0 Å². The highest BCUT2D eigenvalue weighted by molar-refractivity contribution is 5.85. The molecule has 26 heavy (non-hydrogen) atoms. The second-order valence-electron chi connectivity index (χ2n) is 7.30. The van der Waals surface area contributed by atoms with E-state index in [2.05, 4.69) is 29.4 Å². The van der Waals surface area contributed by atoms with E-state index in [-0.39, 0.29) is 23.7 Å². The summed E-state index contributed by atoms with van der Waals surface area (Å²) in [5.74, 6) is 0.0560. The van der Waals surface area contributed by atoms with Crippen LogP contribution in [-0.4, -0.2) is 16.9 Å². The Labute approximate surface area is 152 Å². The standard InChI is InChI=1S/C22H23FN2O/c1-14(15-5-3-2-4-6-15)11-22(26)24-17-8-10-21-19(13-17)18-12-16(23)7-9-20(18)25-21/h2-7,9,12,14,17,25H,8,10-11,13H2,1H3,(H,24,26)/t14-,17?/m0/s1. The first-order valence-corrected chi connectivity index (χ1v) is 9.23. The Hall–Kier alpha value is -2.62. The van der Waals surface area contributed by atoms with Gasteiger partial charge in [-0.3, -0.25) is 4.79 Å². The van der Waals surface area contributed by atoms with Gasteiger partial charge in [-0.15, -0.1) is 0 Å². The van der Waals surface area contributed by atoms with Gasteiger partial charge in [0.15, 0.2) is 0 Å². The second-order valence-corrected chi connectivity index (χ2v) is 7.30. The first-order valence-electron chi connectivity index (χ1n) is 9.23. The number of carbonyl (C=O) groups is 1. The summed E-state index contributed by atoms with van der Waals surface area (Å²) in [4.78, 5) is 15.9. The molecule has 1 unspecified atom stereocenters. The van der Waals surface area contributed by atoms with E-state index in [1.807, 2.05) is 18.2 Å². The quantitative estimate of drug-likeness (QED) is 0.716. The minimum absolute atomic E-state index is 0.0841. The maximum absolute atomic E-state index is 13.6. The van der Waals surface area contributed by atoms with Crippen LogP contribution in [0.5, 0.6) is 0 Å². The van der Waals surface area contributed by atoms with Gasteiger partial charge >= 0.3 is 0 Å². The van der Waals surface area contributed by atoms with E-state index in [4.69, 9.17) is 0 Å². The first-order chi connectivity index (χ1) is 12.6. The smallest absolute Gasteiger partial charge is 0.220 e. The van der Waals surface area contributed by atoms with E-state index in [0.717, 1.165) is 35.7 Å². The molecule has 0 aliphatic heterocycles. The van der Waals surface area contributed by atoms with Crippen molar-refractivity contribution in [2.75, 3.05) is 0 Å². The second kappa shape index (κ2) is 6.94. The maximum Gasteiger partial charge on any atom is 0.220 e. The molecule has 3 nitrogen and oxygen atoms in total. The Morgan fingerprint density at radius 3 is 2.88 bits per heavy atom. The highest BCUT2D eigenvalue weighted by Crippen LogP contribution is 2.30. The number of benzene rings is 2. The predicted molar refractivity (Wildman–Crippen MR) is 102 cm³/mol. The number of hydrogen-bond donors (Lipinski definition) is 2. The lowest BCUT2D eigenvalue weighted by Crippen LogP contribution is -2.39. The Morgan fingerprint density at radius 2 is 2.08 bits per heavy atom. The lowest BCUT2D eigenvalue weighted by Gasteiger charge is -2.24. The lowest BCUT2D eigenvalue weighted by atomic mass is 9.91. The number of nitrogens with one attached hydrogen (secondary N) is 2. The van der Waals surface area contributed by atoms with E-state index in [1.54, 1.807) is 12.1 Å². The SMILES string of the molecule is C[C@@H](CC(=O)NC1CCc2[nH]c3ccc(F)cc3c2C1)c1ccccc1. The van der Waals surface area contributed by atoms with Crippen molar-refractivity contribution >= 4 is 16.8 Å². The van der Waals surface area contributed by atoms with Crippen molar-refractivity contribution in [3.8, 4) is 0 Å². The highest BCUT2D eigenvalue weighted by atomic mass is 19.1. The molecule has 2 aromatic carbocycles. The number of amides is 1. The molecule has 0 fully saturated rings. The van der Waals surface area contributed by atoms with Crippen LogP contribution >= 0.6 is 0 Å². The molecular formula is C22H23FN2O. The number of aromatic amines is 1. The third-order valence-electron chi connectivity index (χ3n) is 5.38. The van der Waals surface area contributed by atoms with E-state index in [0.29, 0.717) is 6.42 Å². The monoisotopic (exact) mass is 350 g/mol. The number of fused-ring (bicyclic) bond motifs is 3. The molecule has 1 heterocycles. The first kappa shape index (κ1) is 16.8. The summed E-state index contributed by atoms with van der Waals surface area (Å²) in [7, 11) is 0. The molecule has 0 radical (unpaired) electrons. The van der Waals surface area contributed by atoms with Crippen LogP contribution in [-0.2, 0) is 17.6 Å². The molecule has 0 saturated carbocycles. The fourth-order valence-electron chi connectivity index (χ4n) is 3.98. The average molecular weight is 350 g/mol. The molecule has 2 N–H and O–H groups in total. The third kappa shape index (κ3) is 3.36. The Balaban J connectivity index is 1.43. The molecular weight excluding hydrogens is 327 g/mol. The molecule has 4 rings (SSSR count). The molecule has 3 aromatic rings. The van der Waals surface area contributed by atoms with Crippen LogP contribution in [0.2, 0.25) is 0 Å². The molecule has 1 aliphatic carbocycles. The number of aryl methyl sites for hydroxylation is 1. The van der Waals surface area contributed by atoms with Gasteiger partial charge < -0.3 is 10.3 Å². The highest BCUT2D eigenvalue weighted by Gasteiger charge is 2.24. The van der Waals surface area contributed by atoms with Gasteiger partial charge in [0.25, 0.3) is 0 Å². The third-order valence-corrected chi connectivity index (χ3v) is 5.38. The summed E-state index contributed by atoms with van der Waals surface area (Å²) in [5, 5.41) is 4.12. The summed E-state index contributed by atoms with van der Waals surface area (Å²) in [6.07, 6.45) is 3.03. The van der Waals surface area contributed by atoms with E-state index >= 15 is 0 Å². The predicted octanol–water partition coefficient (Wildman–Crippen LogP) is 4.47. The number of halogens is 1. The molecule has 4 heteroatoms. The molecule has 2 atom stereocenters. The zero-order chi connectivity index (χ0) is 18.1. The summed E-state index contributed by atoms with van der Waals surface area (Å²) in [6.45, 7) is 2.08. The van der Waals surface area contributed by atoms with Gasteiger partial charge in [-0.2, -0.15) is 0 Å². The number of aromatic nitrogens is 1. The summed E-state index contributed by atoms with van der Waals surface area (Å²) >= 11 is 0. The van der Waals surface area contributed by atoms with Crippen LogP contribution in [0.3, 0.4) is 0 Å². The molecule has 134 valence electrons. The zero-order valence-corrected chi connectivity index (χ0v) is 14.9. The van der Waals surface area contributed by atoms with Gasteiger partial charge in [-0.05, 0) is 54.5 Å². The van der Waals surface area contributed by atoms with E-state index in [9.17, 15) is 9.18 Å². The van der Waals surface area contributed by atoms with Gasteiger partial charge in [0.2, 0.25) is 5.91 Å². The summed E-state index contributed by atoms with van der Waals surface area (Å²) in [6, 6.07) is 15.1. The van der Waals surface area contributed by atoms with Crippen LogP contribution in [0.25, 0.3) is 10.9 Å². The van der Waals surface area contributed by atoms with Crippen LogP contribution < -0.4 is 5.32 Å². The summed E-state index contributed by atoms with van der Waals surface area (Å²) in [5.41, 5.74) is 4.47. The fraction of sp³-hybridized carbons (Fsp3) is 0.318. The van der Waals surface area contributed by atoms with Crippen LogP contribution in [0.1, 0.15) is 42.5 Å². The molecule has 1 amide bonds. The normalized spacial score (nSPS) is 17.7. The van der Waals surface area contributed by atoms with Crippen molar-refractivity contribution in [2.24, 2.45) is 0 Å². The molecule has 0 bridgehead atoms. The summed E-state index contributed by atoms with van der Waals surface area (Å²) < 4.78 is 13.6.